The lowest BCUT2D eigenvalue weighted by atomic mass is 9.92. The summed E-state index contributed by atoms with van der Waals surface area (Å²) in [6, 6.07) is 36.6. The van der Waals surface area contributed by atoms with E-state index >= 15 is 0 Å². The van der Waals surface area contributed by atoms with Gasteiger partial charge in [0.25, 0.3) is 5.91 Å². The second-order valence-corrected chi connectivity index (χ2v) is 9.37. The molecule has 4 aromatic rings. The Labute approximate surface area is 213 Å². The van der Waals surface area contributed by atoms with E-state index in [0.29, 0.717) is 18.7 Å². The van der Waals surface area contributed by atoms with Gasteiger partial charge in [-0.25, -0.2) is 0 Å². The molecule has 4 heteroatoms. The van der Waals surface area contributed by atoms with Gasteiger partial charge in [-0.2, -0.15) is 0 Å². The molecule has 1 heterocycles. The maximum absolute atomic E-state index is 13.8. The molecule has 0 bridgehead atoms. The van der Waals surface area contributed by atoms with E-state index in [1.165, 1.54) is 11.1 Å². The average Bonchev–Trinajstić information content (AvgIpc) is 2.92. The van der Waals surface area contributed by atoms with E-state index in [0.717, 1.165) is 36.3 Å². The Morgan fingerprint density at radius 3 is 2.11 bits per heavy atom. The van der Waals surface area contributed by atoms with Crippen molar-refractivity contribution in [1.29, 1.82) is 0 Å². The van der Waals surface area contributed by atoms with Crippen molar-refractivity contribution in [2.24, 2.45) is 0 Å². The molecule has 1 aliphatic heterocycles. The number of hydrogen-bond acceptors (Lipinski definition) is 3. The van der Waals surface area contributed by atoms with Crippen LogP contribution in [0.4, 0.5) is 5.69 Å². The molecule has 5 rings (SSSR count). The minimum absolute atomic E-state index is 0.0293. The number of ether oxygens (including phenoxy) is 1. The lowest BCUT2D eigenvalue weighted by Gasteiger charge is -2.47. The first kappa shape index (κ1) is 23.7. The van der Waals surface area contributed by atoms with Crippen LogP contribution in [-0.4, -0.2) is 24.0 Å². The molecule has 0 saturated heterocycles. The molecule has 1 N–H and O–H groups in total. The molecule has 0 radical (unpaired) electrons. The van der Waals surface area contributed by atoms with Crippen molar-refractivity contribution >= 4 is 11.6 Å². The number of benzene rings is 4. The van der Waals surface area contributed by atoms with Crippen molar-refractivity contribution < 1.29 is 9.53 Å². The summed E-state index contributed by atoms with van der Waals surface area (Å²) in [5, 5.41) is 3.69. The van der Waals surface area contributed by atoms with E-state index in [1.54, 1.807) is 0 Å². The SMILES string of the molecule is CC1(c2ccccc2OCCCc2ccccc2)Nc2ccccc2C(=O)N1CCc1ccccc1. The van der Waals surface area contributed by atoms with Gasteiger partial charge in [-0.1, -0.05) is 91.0 Å². The number of amides is 1. The van der Waals surface area contributed by atoms with Crippen LogP contribution in [0, 0.1) is 0 Å². The number of para-hydroxylation sites is 2. The third-order valence-corrected chi connectivity index (χ3v) is 6.91. The van der Waals surface area contributed by atoms with Crippen LogP contribution in [0.15, 0.2) is 109 Å². The molecule has 0 aliphatic carbocycles. The minimum atomic E-state index is -0.754. The molecule has 1 amide bonds. The third-order valence-electron chi connectivity index (χ3n) is 6.91. The molecule has 0 fully saturated rings. The number of hydrogen-bond donors (Lipinski definition) is 1. The topological polar surface area (TPSA) is 41.6 Å². The van der Waals surface area contributed by atoms with Crippen molar-refractivity contribution in [2.75, 3.05) is 18.5 Å². The zero-order chi connectivity index (χ0) is 24.8. The third kappa shape index (κ3) is 4.99. The van der Waals surface area contributed by atoms with Crippen LogP contribution in [0.1, 0.15) is 40.4 Å². The number of carbonyl (C=O) groups is 1. The Kier molecular flexibility index (Phi) is 7.03. The lowest BCUT2D eigenvalue weighted by Crippen LogP contribution is -2.56. The van der Waals surface area contributed by atoms with Gasteiger partial charge in [0.1, 0.15) is 11.4 Å². The van der Waals surface area contributed by atoms with E-state index in [4.69, 9.17) is 4.74 Å². The van der Waals surface area contributed by atoms with E-state index in [1.807, 2.05) is 71.6 Å². The summed E-state index contributed by atoms with van der Waals surface area (Å²) in [6.07, 6.45) is 2.65. The second kappa shape index (κ2) is 10.7. The Balaban J connectivity index is 1.41. The zero-order valence-electron chi connectivity index (χ0n) is 20.7. The van der Waals surface area contributed by atoms with E-state index < -0.39 is 5.66 Å². The van der Waals surface area contributed by atoms with Crippen LogP contribution in [0.25, 0.3) is 0 Å². The first-order valence-electron chi connectivity index (χ1n) is 12.6. The van der Waals surface area contributed by atoms with E-state index in [9.17, 15) is 4.79 Å². The number of nitrogens with zero attached hydrogens (tertiary/aromatic N) is 1. The standard InChI is InChI=1S/C32H32N2O2/c1-32(28-19-9-11-21-30(28)36-24-12-17-25-13-4-2-5-14-25)33-29-20-10-8-18-27(29)31(35)34(32)23-22-26-15-6-3-7-16-26/h2-11,13-16,18-21,33H,12,17,22-24H2,1H3. The summed E-state index contributed by atoms with van der Waals surface area (Å²) in [5.74, 6) is 0.833. The van der Waals surface area contributed by atoms with E-state index in [2.05, 4.69) is 54.7 Å². The highest BCUT2D eigenvalue weighted by molar-refractivity contribution is 6.02. The maximum Gasteiger partial charge on any atom is 0.258 e. The number of fused-ring (bicyclic) bond motifs is 1. The molecule has 36 heavy (non-hydrogen) atoms. The monoisotopic (exact) mass is 476 g/mol. The number of rotatable bonds is 9. The van der Waals surface area contributed by atoms with Crippen molar-refractivity contribution in [1.82, 2.24) is 4.90 Å². The summed E-state index contributed by atoms with van der Waals surface area (Å²) in [7, 11) is 0. The molecule has 1 atom stereocenters. The Bertz CT molecular complexity index is 1310. The summed E-state index contributed by atoms with van der Waals surface area (Å²) in [5.41, 5.74) is 4.27. The van der Waals surface area contributed by atoms with Crippen molar-refractivity contribution in [3.8, 4) is 5.75 Å². The Morgan fingerprint density at radius 1 is 0.750 bits per heavy atom. The zero-order valence-corrected chi connectivity index (χ0v) is 20.7. The molecule has 0 spiro atoms. The van der Waals surface area contributed by atoms with Gasteiger partial charge in [0, 0.05) is 17.8 Å². The fourth-order valence-electron chi connectivity index (χ4n) is 4.98. The van der Waals surface area contributed by atoms with Crippen molar-refractivity contribution in [2.45, 2.75) is 31.8 Å². The number of nitrogens with one attached hydrogen (secondary N) is 1. The van der Waals surface area contributed by atoms with Crippen LogP contribution in [0.2, 0.25) is 0 Å². The molecular weight excluding hydrogens is 444 g/mol. The van der Waals surface area contributed by atoms with Gasteiger partial charge >= 0.3 is 0 Å². The summed E-state index contributed by atoms with van der Waals surface area (Å²) >= 11 is 0. The maximum atomic E-state index is 13.8. The van der Waals surface area contributed by atoms with Crippen LogP contribution in [0.3, 0.4) is 0 Å². The van der Waals surface area contributed by atoms with Crippen molar-refractivity contribution in [3.63, 3.8) is 0 Å². The molecule has 4 aromatic carbocycles. The van der Waals surface area contributed by atoms with Crippen LogP contribution in [0.5, 0.6) is 5.75 Å². The van der Waals surface area contributed by atoms with Gasteiger partial charge in [-0.3, -0.25) is 4.79 Å². The highest BCUT2D eigenvalue weighted by atomic mass is 16.5. The summed E-state index contributed by atoms with van der Waals surface area (Å²) in [6.45, 7) is 3.28. The smallest absolute Gasteiger partial charge is 0.258 e. The molecule has 0 saturated carbocycles. The Hall–Kier alpha value is -4.05. The minimum Gasteiger partial charge on any atom is -0.493 e. The molecule has 4 nitrogen and oxygen atoms in total. The van der Waals surface area contributed by atoms with E-state index in [-0.39, 0.29) is 5.91 Å². The van der Waals surface area contributed by atoms with Gasteiger partial charge in [0.15, 0.2) is 0 Å². The summed E-state index contributed by atoms with van der Waals surface area (Å²) < 4.78 is 6.33. The van der Waals surface area contributed by atoms with Gasteiger partial charge in [0.2, 0.25) is 0 Å². The lowest BCUT2D eigenvalue weighted by molar-refractivity contribution is 0.0533. The largest absolute Gasteiger partial charge is 0.493 e. The second-order valence-electron chi connectivity index (χ2n) is 9.37. The first-order chi connectivity index (χ1) is 17.6. The van der Waals surface area contributed by atoms with Gasteiger partial charge in [-0.05, 0) is 55.5 Å². The number of anilines is 1. The van der Waals surface area contributed by atoms with Crippen LogP contribution >= 0.6 is 0 Å². The quantitative estimate of drug-likeness (QED) is 0.274. The van der Waals surface area contributed by atoms with Gasteiger partial charge in [0.05, 0.1) is 12.2 Å². The first-order valence-corrected chi connectivity index (χ1v) is 12.6. The highest BCUT2D eigenvalue weighted by Gasteiger charge is 2.43. The average molecular weight is 477 g/mol. The predicted octanol–water partition coefficient (Wildman–Crippen LogP) is 6.68. The van der Waals surface area contributed by atoms with Gasteiger partial charge in [-0.15, -0.1) is 0 Å². The fourth-order valence-corrected chi connectivity index (χ4v) is 4.98. The molecule has 182 valence electrons. The fraction of sp³-hybridized carbons (Fsp3) is 0.219. The van der Waals surface area contributed by atoms with Crippen molar-refractivity contribution in [3.05, 3.63) is 131 Å². The molecule has 1 unspecified atom stereocenters. The molecular formula is C32H32N2O2. The van der Waals surface area contributed by atoms with Gasteiger partial charge < -0.3 is 15.0 Å². The predicted molar refractivity (Wildman–Crippen MR) is 145 cm³/mol. The summed E-state index contributed by atoms with van der Waals surface area (Å²) in [4.78, 5) is 15.8. The number of aryl methyl sites for hydroxylation is 1. The van der Waals surface area contributed by atoms with Crippen LogP contribution in [-0.2, 0) is 18.5 Å². The molecule has 0 aromatic heterocycles. The molecule has 1 aliphatic rings. The number of carbonyl (C=O) groups excluding carboxylic acids is 1. The van der Waals surface area contributed by atoms with Crippen LogP contribution < -0.4 is 10.1 Å². The highest BCUT2D eigenvalue weighted by Crippen LogP contribution is 2.41. The Morgan fingerprint density at radius 2 is 1.36 bits per heavy atom. The normalized spacial score (nSPS) is 16.8.